The van der Waals surface area contributed by atoms with Gasteiger partial charge in [0.25, 0.3) is 0 Å². The molecule has 0 aromatic carbocycles. The Balaban J connectivity index is 3.84. The minimum Gasteiger partial charge on any atom is -0.462 e. The van der Waals surface area contributed by atoms with Crippen LogP contribution in [0.3, 0.4) is 0 Å². The molecule has 0 rings (SSSR count). The van der Waals surface area contributed by atoms with Crippen molar-refractivity contribution in [2.75, 3.05) is 13.2 Å². The van der Waals surface area contributed by atoms with Crippen LogP contribution in [-0.4, -0.2) is 41.0 Å². The minimum absolute atomic E-state index is 0.189. The first kappa shape index (κ1) is 52.8. The molecule has 0 aliphatic rings. The second-order valence-corrected chi connectivity index (χ2v) is 17.0. The number of phosphoric acid groups is 1. The summed E-state index contributed by atoms with van der Waals surface area (Å²) in [7, 11) is -4.76. The summed E-state index contributed by atoms with van der Waals surface area (Å²) in [6.45, 7) is 3.69. The van der Waals surface area contributed by atoms with E-state index < -0.39 is 32.5 Å². The molecule has 9 heteroatoms. The zero-order chi connectivity index (χ0) is 39.6. The molecule has 2 N–H and O–H groups in total. The van der Waals surface area contributed by atoms with Crippen LogP contribution in [0.1, 0.15) is 245 Å². The van der Waals surface area contributed by atoms with Crippen molar-refractivity contribution >= 4 is 19.8 Å². The van der Waals surface area contributed by atoms with Gasteiger partial charge in [-0.3, -0.25) is 14.1 Å². The molecule has 0 fully saturated rings. The van der Waals surface area contributed by atoms with Gasteiger partial charge in [-0.15, -0.1) is 0 Å². The maximum atomic E-state index is 12.4. The number of unbranched alkanes of at least 4 members (excludes halogenated alkanes) is 31. The van der Waals surface area contributed by atoms with Crippen molar-refractivity contribution in [1.29, 1.82) is 0 Å². The zero-order valence-corrected chi connectivity index (χ0v) is 36.3. The fourth-order valence-electron chi connectivity index (χ4n) is 6.86. The molecule has 0 unspecified atom stereocenters. The highest BCUT2D eigenvalue weighted by atomic mass is 31.2. The maximum absolute atomic E-state index is 12.4. The molecule has 0 radical (unpaired) electrons. The van der Waals surface area contributed by atoms with Gasteiger partial charge in [0, 0.05) is 12.8 Å². The predicted octanol–water partition coefficient (Wildman–Crippen LogP) is 14.2. The van der Waals surface area contributed by atoms with Gasteiger partial charge in [0.2, 0.25) is 0 Å². The quantitative estimate of drug-likeness (QED) is 0.0271. The van der Waals surface area contributed by atoms with E-state index in [0.29, 0.717) is 12.8 Å². The average Bonchev–Trinajstić information content (AvgIpc) is 3.14. The van der Waals surface area contributed by atoms with Crippen LogP contribution in [0.25, 0.3) is 0 Å². The number of allylic oxidation sites excluding steroid dienone is 2. The molecule has 0 aromatic rings. The van der Waals surface area contributed by atoms with Crippen LogP contribution >= 0.6 is 7.82 Å². The summed E-state index contributed by atoms with van der Waals surface area (Å²) in [6, 6.07) is 0. The summed E-state index contributed by atoms with van der Waals surface area (Å²) in [5, 5.41) is 0. The van der Waals surface area contributed by atoms with E-state index in [1.807, 2.05) is 6.08 Å². The fraction of sp³-hybridized carbons (Fsp3) is 0.911. The zero-order valence-electron chi connectivity index (χ0n) is 35.4. The molecule has 0 bridgehead atoms. The Morgan fingerprint density at radius 1 is 0.463 bits per heavy atom. The second kappa shape index (κ2) is 41.4. The first-order valence-corrected chi connectivity index (χ1v) is 24.5. The van der Waals surface area contributed by atoms with Gasteiger partial charge in [0.15, 0.2) is 6.10 Å². The van der Waals surface area contributed by atoms with Crippen LogP contribution in [0, 0.1) is 0 Å². The van der Waals surface area contributed by atoms with Crippen LogP contribution in [0.2, 0.25) is 0 Å². The van der Waals surface area contributed by atoms with Crippen molar-refractivity contribution < 1.29 is 37.9 Å². The van der Waals surface area contributed by atoms with Gasteiger partial charge in [-0.2, -0.15) is 0 Å². The number of esters is 2. The Hall–Kier alpha value is -1.21. The van der Waals surface area contributed by atoms with E-state index in [0.717, 1.165) is 32.1 Å². The Bertz CT molecular complexity index is 889. The number of rotatable bonds is 43. The molecule has 54 heavy (non-hydrogen) atoms. The van der Waals surface area contributed by atoms with Crippen molar-refractivity contribution in [2.45, 2.75) is 251 Å². The third kappa shape index (κ3) is 43.5. The van der Waals surface area contributed by atoms with Gasteiger partial charge in [0.05, 0.1) is 6.61 Å². The van der Waals surface area contributed by atoms with Gasteiger partial charge in [0.1, 0.15) is 6.61 Å². The van der Waals surface area contributed by atoms with E-state index in [2.05, 4.69) is 24.4 Å². The van der Waals surface area contributed by atoms with Crippen molar-refractivity contribution in [3.8, 4) is 0 Å². The summed E-state index contributed by atoms with van der Waals surface area (Å²) in [6.07, 6.45) is 46.7. The van der Waals surface area contributed by atoms with Crippen molar-refractivity contribution in [1.82, 2.24) is 0 Å². The first-order chi connectivity index (χ1) is 26.3. The third-order valence-corrected chi connectivity index (χ3v) is 10.8. The maximum Gasteiger partial charge on any atom is 0.469 e. The van der Waals surface area contributed by atoms with E-state index in [9.17, 15) is 14.2 Å². The number of hydrogen-bond donors (Lipinski definition) is 2. The van der Waals surface area contributed by atoms with E-state index in [1.165, 1.54) is 173 Å². The summed E-state index contributed by atoms with van der Waals surface area (Å²) in [5.74, 6) is -0.926. The molecule has 0 spiro atoms. The number of ether oxygens (including phenoxy) is 2. The number of carbonyl (C=O) groups excluding carboxylic acids is 2. The third-order valence-electron chi connectivity index (χ3n) is 10.3. The molecule has 0 aliphatic heterocycles. The van der Waals surface area contributed by atoms with Crippen molar-refractivity contribution in [2.24, 2.45) is 0 Å². The van der Waals surface area contributed by atoms with E-state index >= 15 is 0 Å². The van der Waals surface area contributed by atoms with E-state index in [4.69, 9.17) is 19.3 Å². The standard InChI is InChI=1S/C45H87O8P/c1-3-5-7-9-11-13-15-17-19-20-21-22-23-24-26-28-30-32-34-36-38-40-45(47)53-43(42-52-54(48,49)50)41-51-44(46)39-37-35-33-31-29-27-25-18-16-14-12-10-8-6-4-2/h33,35,43H,3-32,34,36-42H2,1-2H3,(H2,48,49,50)/b35-33+/t43-/m1/s1. The van der Waals surface area contributed by atoms with Crippen molar-refractivity contribution in [3.63, 3.8) is 0 Å². The highest BCUT2D eigenvalue weighted by molar-refractivity contribution is 7.46. The number of phosphoric ester groups is 1. The summed E-state index contributed by atoms with van der Waals surface area (Å²) < 4.78 is 26.4. The molecule has 320 valence electrons. The van der Waals surface area contributed by atoms with Crippen LogP contribution in [0.4, 0.5) is 0 Å². The van der Waals surface area contributed by atoms with Gasteiger partial charge >= 0.3 is 19.8 Å². The van der Waals surface area contributed by atoms with Gasteiger partial charge in [-0.1, -0.05) is 219 Å². The first-order valence-electron chi connectivity index (χ1n) is 23.0. The SMILES string of the molecule is CCCCCCCCCCCCC/C=C/CCC(=O)OC[C@H](COP(=O)(O)O)OC(=O)CCCCCCCCCCCCCCCCCCCCCCC. The van der Waals surface area contributed by atoms with Crippen LogP contribution in [0.15, 0.2) is 12.2 Å². The highest BCUT2D eigenvalue weighted by Crippen LogP contribution is 2.36. The van der Waals surface area contributed by atoms with E-state index in [-0.39, 0.29) is 19.4 Å². The molecule has 0 aromatic heterocycles. The Morgan fingerprint density at radius 2 is 0.815 bits per heavy atom. The lowest BCUT2D eigenvalue weighted by Crippen LogP contribution is -2.29. The summed E-state index contributed by atoms with van der Waals surface area (Å²) in [4.78, 5) is 42.9. The van der Waals surface area contributed by atoms with Crippen LogP contribution in [0.5, 0.6) is 0 Å². The second-order valence-electron chi connectivity index (χ2n) is 15.7. The smallest absolute Gasteiger partial charge is 0.462 e. The monoisotopic (exact) mass is 787 g/mol. The lowest BCUT2D eigenvalue weighted by atomic mass is 10.0. The average molecular weight is 787 g/mol. The molecular formula is C45H87O8P. The highest BCUT2D eigenvalue weighted by Gasteiger charge is 2.22. The van der Waals surface area contributed by atoms with Gasteiger partial charge < -0.3 is 19.3 Å². The lowest BCUT2D eigenvalue weighted by molar-refractivity contribution is -0.161. The molecule has 0 saturated heterocycles. The molecular weight excluding hydrogens is 699 g/mol. The largest absolute Gasteiger partial charge is 0.469 e. The van der Waals surface area contributed by atoms with Crippen LogP contribution in [-0.2, 0) is 28.2 Å². The molecule has 1 atom stereocenters. The molecule has 8 nitrogen and oxygen atoms in total. The minimum atomic E-state index is -4.76. The molecule has 0 amide bonds. The summed E-state index contributed by atoms with van der Waals surface area (Å²) in [5.41, 5.74) is 0. The normalized spacial score (nSPS) is 12.4. The molecule has 0 aliphatic carbocycles. The molecule has 0 heterocycles. The van der Waals surface area contributed by atoms with E-state index in [1.54, 1.807) is 0 Å². The summed E-state index contributed by atoms with van der Waals surface area (Å²) >= 11 is 0. The predicted molar refractivity (Wildman–Crippen MR) is 226 cm³/mol. The molecule has 0 saturated carbocycles. The topological polar surface area (TPSA) is 119 Å². The van der Waals surface area contributed by atoms with Gasteiger partial charge in [-0.05, 0) is 25.7 Å². The Labute approximate surface area is 333 Å². The number of carbonyl (C=O) groups is 2. The van der Waals surface area contributed by atoms with Gasteiger partial charge in [-0.25, -0.2) is 4.57 Å². The Kier molecular flexibility index (Phi) is 40.5. The fourth-order valence-corrected chi connectivity index (χ4v) is 7.22. The Morgan fingerprint density at radius 3 is 1.20 bits per heavy atom. The lowest BCUT2D eigenvalue weighted by Gasteiger charge is -2.18. The van der Waals surface area contributed by atoms with Crippen LogP contribution < -0.4 is 0 Å². The van der Waals surface area contributed by atoms with Crippen molar-refractivity contribution in [3.05, 3.63) is 12.2 Å². The number of hydrogen-bond acceptors (Lipinski definition) is 6.